The summed E-state index contributed by atoms with van der Waals surface area (Å²) < 4.78 is 23.9. The van der Waals surface area contributed by atoms with Crippen LogP contribution in [0.3, 0.4) is 0 Å². The number of nitrogens with one attached hydrogen (secondary N) is 2. The highest BCUT2D eigenvalue weighted by Crippen LogP contribution is 2.59. The van der Waals surface area contributed by atoms with E-state index in [1.165, 1.54) is 4.68 Å². The average Bonchev–Trinajstić information content (AvgIpc) is 3.64. The number of likely N-dealkylation sites (tertiary alicyclic amines) is 1. The van der Waals surface area contributed by atoms with Gasteiger partial charge in [0.2, 0.25) is 14.3 Å². The van der Waals surface area contributed by atoms with Gasteiger partial charge in [-0.05, 0) is 56.3 Å². The molecule has 3 aliphatic rings. The molecule has 3 N–H and O–H groups in total. The number of H-pyrrole nitrogens is 1. The lowest BCUT2D eigenvalue weighted by Crippen LogP contribution is -2.42. The van der Waals surface area contributed by atoms with Gasteiger partial charge in [-0.1, -0.05) is 19.1 Å². The first-order valence-corrected chi connectivity index (χ1v) is 16.4. The van der Waals surface area contributed by atoms with Crippen LogP contribution in [0.2, 0.25) is 18.6 Å². The van der Waals surface area contributed by atoms with Crippen molar-refractivity contribution in [2.24, 2.45) is 5.92 Å². The summed E-state index contributed by atoms with van der Waals surface area (Å²) in [4.78, 5) is 41.7. The topological polar surface area (TPSA) is 117 Å². The maximum Gasteiger partial charge on any atom is 0.279 e. The zero-order valence-electron chi connectivity index (χ0n) is 22.2. The van der Waals surface area contributed by atoms with E-state index in [1.54, 1.807) is 48.3 Å². The van der Waals surface area contributed by atoms with Crippen molar-refractivity contribution in [1.29, 1.82) is 0 Å². The van der Waals surface area contributed by atoms with Crippen LogP contribution in [-0.4, -0.2) is 65.3 Å². The molecule has 2 amide bonds. The minimum absolute atomic E-state index is 0.0581. The summed E-state index contributed by atoms with van der Waals surface area (Å²) in [5.41, 5.74) is -0.0392. The number of hydrogen-bond donors (Lipinski definition) is 3. The van der Waals surface area contributed by atoms with Crippen molar-refractivity contribution in [2.45, 2.75) is 62.6 Å². The zero-order chi connectivity index (χ0) is 27.7. The zero-order valence-corrected chi connectivity index (χ0v) is 23.2. The maximum atomic E-state index is 15.9. The third kappa shape index (κ3) is 3.89. The highest BCUT2D eigenvalue weighted by molar-refractivity contribution is 6.72. The van der Waals surface area contributed by atoms with Crippen molar-refractivity contribution >= 4 is 36.8 Å². The highest BCUT2D eigenvalue weighted by atomic mass is 28.4. The van der Waals surface area contributed by atoms with Crippen LogP contribution in [0.4, 0.5) is 9.80 Å². The van der Waals surface area contributed by atoms with Crippen molar-refractivity contribution in [3.63, 3.8) is 0 Å². The van der Waals surface area contributed by atoms with Crippen molar-refractivity contribution in [3.8, 4) is 5.69 Å². The summed E-state index contributed by atoms with van der Waals surface area (Å²) in [6.07, 6.45) is 0.681. The fourth-order valence-corrected chi connectivity index (χ4v) is 9.57. The van der Waals surface area contributed by atoms with Crippen molar-refractivity contribution in [1.82, 2.24) is 14.7 Å². The van der Waals surface area contributed by atoms with Crippen LogP contribution in [0.25, 0.3) is 16.6 Å². The van der Waals surface area contributed by atoms with E-state index < -0.39 is 37.5 Å². The van der Waals surface area contributed by atoms with E-state index in [0.29, 0.717) is 34.4 Å². The highest BCUT2D eigenvalue weighted by Gasteiger charge is 2.65. The average molecular weight is 553 g/mol. The van der Waals surface area contributed by atoms with E-state index in [2.05, 4.69) is 10.4 Å². The third-order valence-electron chi connectivity index (χ3n) is 8.83. The molecular formula is C28H33FN4O5Si. The number of halogens is 1. The summed E-state index contributed by atoms with van der Waals surface area (Å²) in [6, 6.07) is 12.2. The number of hydrogen-bond acceptors (Lipinski definition) is 5. The van der Waals surface area contributed by atoms with E-state index in [9.17, 15) is 19.5 Å². The number of aromatic amines is 1. The second-order valence-electron chi connectivity index (χ2n) is 11.5. The molecule has 11 heteroatoms. The number of amides is 2. The number of benzene rings is 2. The van der Waals surface area contributed by atoms with Gasteiger partial charge in [0.15, 0.2) is 5.60 Å². The Hall–Kier alpha value is -3.28. The van der Waals surface area contributed by atoms with Gasteiger partial charge in [0.05, 0.1) is 41.8 Å². The molecule has 206 valence electrons. The maximum absolute atomic E-state index is 15.9. The number of carbonyl (C=O) groups is 2. The molecule has 2 fully saturated rings. The van der Waals surface area contributed by atoms with Crippen LogP contribution in [0.5, 0.6) is 0 Å². The Balaban J connectivity index is 1.41. The lowest BCUT2D eigenvalue weighted by molar-refractivity contribution is -0.148. The van der Waals surface area contributed by atoms with Crippen molar-refractivity contribution in [3.05, 3.63) is 58.4 Å². The van der Waals surface area contributed by atoms with Crippen LogP contribution in [0, 0.1) is 5.92 Å². The van der Waals surface area contributed by atoms with Crippen LogP contribution >= 0.6 is 0 Å². The number of carbonyl (C=O) groups excluding carboxylic acids is 2. The molecule has 0 radical (unpaired) electrons. The van der Waals surface area contributed by atoms with Crippen LogP contribution in [0.1, 0.15) is 31.7 Å². The Bertz CT molecular complexity index is 1530. The molecule has 0 saturated carbocycles. The fourth-order valence-electron chi connectivity index (χ4n) is 7.08. The minimum atomic E-state index is -3.42. The number of aromatic nitrogens is 2. The molecule has 0 aliphatic carbocycles. The molecule has 0 unspecified atom stereocenters. The summed E-state index contributed by atoms with van der Waals surface area (Å²) in [5, 5.41) is 16.3. The van der Waals surface area contributed by atoms with Crippen LogP contribution in [-0.2, 0) is 19.9 Å². The molecule has 2 saturated heterocycles. The third-order valence-corrected chi connectivity index (χ3v) is 11.3. The Labute approximate surface area is 226 Å². The van der Waals surface area contributed by atoms with Gasteiger partial charge in [0.1, 0.15) is 0 Å². The minimum Gasteiger partial charge on any atom is -0.394 e. The number of rotatable bonds is 5. The van der Waals surface area contributed by atoms with Gasteiger partial charge in [0, 0.05) is 29.3 Å². The number of nitrogens with zero attached hydrogens (tertiary/aromatic N) is 2. The predicted octanol–water partition coefficient (Wildman–Crippen LogP) is 3.42. The first kappa shape index (κ1) is 26.0. The molecule has 1 spiro atoms. The normalized spacial score (nSPS) is 28.4. The summed E-state index contributed by atoms with van der Waals surface area (Å²) in [6.45, 7) is 5.44. The molecule has 2 aromatic carbocycles. The smallest absolute Gasteiger partial charge is 0.279 e. The number of fused-ring (bicyclic) bond motifs is 3. The lowest BCUT2D eigenvalue weighted by Gasteiger charge is -2.31. The van der Waals surface area contributed by atoms with Gasteiger partial charge in [-0.25, -0.2) is 4.68 Å². The van der Waals surface area contributed by atoms with E-state index in [4.69, 9.17) is 4.74 Å². The Morgan fingerprint density at radius 3 is 2.72 bits per heavy atom. The number of anilines is 1. The van der Waals surface area contributed by atoms with Gasteiger partial charge >= 0.3 is 0 Å². The van der Waals surface area contributed by atoms with Gasteiger partial charge in [-0.2, -0.15) is 0 Å². The lowest BCUT2D eigenvalue weighted by atomic mass is 9.82. The second-order valence-corrected chi connectivity index (χ2v) is 15.3. The van der Waals surface area contributed by atoms with Gasteiger partial charge < -0.3 is 24.2 Å². The number of para-hydroxylation sites is 1. The van der Waals surface area contributed by atoms with Crippen LogP contribution < -0.4 is 10.9 Å². The molecule has 4 heterocycles. The van der Waals surface area contributed by atoms with Gasteiger partial charge in [0.25, 0.3) is 11.5 Å². The molecule has 3 aliphatic heterocycles. The molecule has 0 bridgehead atoms. The SMILES string of the molecule is C[C@@H]1[C@@H]([Si](C)(C)F)[C@H](CC(=O)N2CCC[C@H]2CO)O[C@@]12C(=O)Nc1ccc(-n3[nH]c4ccccc4c3=O)cc12. The largest absolute Gasteiger partial charge is 0.394 e. The Morgan fingerprint density at radius 2 is 2.00 bits per heavy atom. The molecule has 39 heavy (non-hydrogen) atoms. The molecule has 3 aromatic rings. The number of ether oxygens (including phenoxy) is 1. The van der Waals surface area contributed by atoms with E-state index in [-0.39, 0.29) is 30.5 Å². The second kappa shape index (κ2) is 9.14. The predicted molar refractivity (Wildman–Crippen MR) is 147 cm³/mol. The molecule has 6 rings (SSSR count). The first-order valence-electron chi connectivity index (χ1n) is 13.5. The molecule has 1 aromatic heterocycles. The number of aliphatic hydroxyl groups is 1. The standard InChI is InChI=1S/C28H33FN4O5Si/c1-16-25(39(2,3)29)23(14-24(35)32-12-6-7-18(32)15-34)38-28(16)20-13-17(10-11-22(20)30-27(28)37)33-26(36)19-8-4-5-9-21(19)31-33/h4-5,8-11,13,16,18,23,25,31,34H,6-7,12,14-15H2,1-3H3,(H,30,37)/t16-,18+,23+,25-,28+/m1/s1. The van der Waals surface area contributed by atoms with Crippen LogP contribution in [0.15, 0.2) is 47.3 Å². The number of aliphatic hydroxyl groups excluding tert-OH is 1. The van der Waals surface area contributed by atoms with Gasteiger partial charge in [-0.3, -0.25) is 19.5 Å². The summed E-state index contributed by atoms with van der Waals surface area (Å²) >= 11 is 0. The quantitative estimate of drug-likeness (QED) is 0.331. The van der Waals surface area contributed by atoms with Crippen molar-refractivity contribution in [2.75, 3.05) is 18.5 Å². The molecule has 5 atom stereocenters. The monoisotopic (exact) mass is 552 g/mol. The first-order chi connectivity index (χ1) is 18.6. The molecule has 9 nitrogen and oxygen atoms in total. The molecular weight excluding hydrogens is 519 g/mol. The Morgan fingerprint density at radius 1 is 1.23 bits per heavy atom. The summed E-state index contributed by atoms with van der Waals surface area (Å²) in [7, 11) is -3.42. The fraction of sp³-hybridized carbons (Fsp3) is 0.464. The van der Waals surface area contributed by atoms with E-state index in [0.717, 1.165) is 12.8 Å². The van der Waals surface area contributed by atoms with Gasteiger partial charge in [-0.15, -0.1) is 0 Å². The summed E-state index contributed by atoms with van der Waals surface area (Å²) in [5.74, 6) is -1.13. The Kier molecular flexibility index (Phi) is 6.08. The van der Waals surface area contributed by atoms with E-state index in [1.807, 2.05) is 19.1 Å². The van der Waals surface area contributed by atoms with E-state index >= 15 is 4.11 Å². The van der Waals surface area contributed by atoms with Crippen molar-refractivity contribution < 1.29 is 23.5 Å².